The second-order valence-electron chi connectivity index (χ2n) is 4.75. The Bertz CT molecular complexity index is 394. The van der Waals surface area contributed by atoms with Crippen molar-refractivity contribution in [1.82, 2.24) is 9.88 Å². The number of thiazole rings is 1. The standard InChI is InChI=1S/C12H19N3OS/c1-9(16)11-8-13-12(17-11)15-6-4-10(5-7-15)14(2)3/h8,10H,4-7H2,1-3H3. The van der Waals surface area contributed by atoms with Gasteiger partial charge in [0.05, 0.1) is 11.1 Å². The normalized spacial score (nSPS) is 17.8. The second kappa shape index (κ2) is 5.14. The molecule has 0 radical (unpaired) electrons. The van der Waals surface area contributed by atoms with Crippen LogP contribution in [0.4, 0.5) is 5.13 Å². The zero-order valence-corrected chi connectivity index (χ0v) is 11.5. The van der Waals surface area contributed by atoms with Crippen LogP contribution in [0.1, 0.15) is 29.4 Å². The van der Waals surface area contributed by atoms with E-state index in [2.05, 4.69) is 28.9 Å². The highest BCUT2D eigenvalue weighted by molar-refractivity contribution is 7.17. The first kappa shape index (κ1) is 12.5. The fourth-order valence-electron chi connectivity index (χ4n) is 2.15. The average molecular weight is 253 g/mol. The van der Waals surface area contributed by atoms with Gasteiger partial charge in [0.1, 0.15) is 0 Å². The maximum atomic E-state index is 11.2. The van der Waals surface area contributed by atoms with Crippen LogP contribution in [-0.4, -0.2) is 48.9 Å². The molecule has 1 aliphatic rings. The van der Waals surface area contributed by atoms with Gasteiger partial charge in [-0.1, -0.05) is 11.3 Å². The molecule has 1 aliphatic heterocycles. The van der Waals surface area contributed by atoms with E-state index in [1.165, 1.54) is 24.2 Å². The summed E-state index contributed by atoms with van der Waals surface area (Å²) in [5.74, 6) is 0.108. The number of Topliss-reactive ketones (excluding diaryl/α,β-unsaturated/α-hetero) is 1. The Kier molecular flexibility index (Phi) is 3.79. The molecule has 0 saturated carbocycles. The number of piperidine rings is 1. The van der Waals surface area contributed by atoms with Crippen LogP contribution in [0.25, 0.3) is 0 Å². The molecular formula is C12H19N3OS. The van der Waals surface area contributed by atoms with Gasteiger partial charge in [0.2, 0.25) is 0 Å². The first-order chi connectivity index (χ1) is 8.08. The number of carbonyl (C=O) groups is 1. The van der Waals surface area contributed by atoms with Crippen LogP contribution >= 0.6 is 11.3 Å². The lowest BCUT2D eigenvalue weighted by Gasteiger charge is -2.34. The van der Waals surface area contributed by atoms with E-state index in [4.69, 9.17) is 0 Å². The molecule has 0 aliphatic carbocycles. The predicted molar refractivity (Wildman–Crippen MR) is 71.0 cm³/mol. The number of hydrogen-bond donors (Lipinski definition) is 0. The van der Waals surface area contributed by atoms with Crippen molar-refractivity contribution in [3.63, 3.8) is 0 Å². The number of anilines is 1. The van der Waals surface area contributed by atoms with Gasteiger partial charge < -0.3 is 9.80 Å². The van der Waals surface area contributed by atoms with E-state index >= 15 is 0 Å². The molecule has 2 heterocycles. The number of carbonyl (C=O) groups excluding carboxylic acids is 1. The van der Waals surface area contributed by atoms with Crippen molar-refractivity contribution in [2.45, 2.75) is 25.8 Å². The maximum absolute atomic E-state index is 11.2. The molecule has 0 aromatic carbocycles. The summed E-state index contributed by atoms with van der Waals surface area (Å²) in [5, 5.41) is 0.993. The van der Waals surface area contributed by atoms with Crippen molar-refractivity contribution >= 4 is 22.3 Å². The first-order valence-corrected chi connectivity index (χ1v) is 6.77. The SMILES string of the molecule is CC(=O)c1cnc(N2CCC(N(C)C)CC2)s1. The van der Waals surface area contributed by atoms with Gasteiger partial charge in [-0.25, -0.2) is 4.98 Å². The number of nitrogens with zero attached hydrogens (tertiary/aromatic N) is 3. The molecule has 0 amide bonds. The molecular weight excluding hydrogens is 234 g/mol. The molecule has 0 N–H and O–H groups in total. The summed E-state index contributed by atoms with van der Waals surface area (Å²) in [6.45, 7) is 3.66. The Morgan fingerprint density at radius 3 is 2.59 bits per heavy atom. The minimum absolute atomic E-state index is 0.108. The van der Waals surface area contributed by atoms with Crippen LogP contribution in [0, 0.1) is 0 Å². The monoisotopic (exact) mass is 253 g/mol. The van der Waals surface area contributed by atoms with Crippen molar-refractivity contribution in [2.75, 3.05) is 32.1 Å². The molecule has 1 aromatic rings. The molecule has 1 aromatic heterocycles. The van der Waals surface area contributed by atoms with E-state index in [-0.39, 0.29) is 5.78 Å². The topological polar surface area (TPSA) is 36.4 Å². The van der Waals surface area contributed by atoms with Gasteiger partial charge in [-0.15, -0.1) is 0 Å². The quantitative estimate of drug-likeness (QED) is 0.771. The Balaban J connectivity index is 1.98. The lowest BCUT2D eigenvalue weighted by atomic mass is 10.0. The van der Waals surface area contributed by atoms with Crippen molar-refractivity contribution in [3.8, 4) is 0 Å². The van der Waals surface area contributed by atoms with E-state index in [0.29, 0.717) is 6.04 Å². The number of ketones is 1. The Hall–Kier alpha value is -0.940. The first-order valence-electron chi connectivity index (χ1n) is 5.96. The summed E-state index contributed by atoms with van der Waals surface area (Å²) in [4.78, 5) is 20.9. The average Bonchev–Trinajstić information content (AvgIpc) is 2.78. The van der Waals surface area contributed by atoms with Gasteiger partial charge in [-0.2, -0.15) is 0 Å². The van der Waals surface area contributed by atoms with Gasteiger partial charge in [-0.05, 0) is 26.9 Å². The highest BCUT2D eigenvalue weighted by atomic mass is 32.1. The third-order valence-corrected chi connectivity index (χ3v) is 4.46. The van der Waals surface area contributed by atoms with E-state index in [9.17, 15) is 4.79 Å². The molecule has 2 rings (SSSR count). The molecule has 5 heteroatoms. The minimum Gasteiger partial charge on any atom is -0.348 e. The highest BCUT2D eigenvalue weighted by Crippen LogP contribution is 2.26. The number of hydrogen-bond acceptors (Lipinski definition) is 5. The highest BCUT2D eigenvalue weighted by Gasteiger charge is 2.22. The Morgan fingerprint density at radius 2 is 2.12 bits per heavy atom. The summed E-state index contributed by atoms with van der Waals surface area (Å²) < 4.78 is 0. The lowest BCUT2D eigenvalue weighted by molar-refractivity contribution is 0.102. The molecule has 0 bridgehead atoms. The van der Waals surface area contributed by atoms with Gasteiger partial charge in [-0.3, -0.25) is 4.79 Å². The number of rotatable bonds is 3. The lowest BCUT2D eigenvalue weighted by Crippen LogP contribution is -2.41. The molecule has 17 heavy (non-hydrogen) atoms. The largest absolute Gasteiger partial charge is 0.348 e. The minimum atomic E-state index is 0.108. The van der Waals surface area contributed by atoms with Crippen molar-refractivity contribution < 1.29 is 4.79 Å². The fraction of sp³-hybridized carbons (Fsp3) is 0.667. The van der Waals surface area contributed by atoms with Crippen molar-refractivity contribution in [3.05, 3.63) is 11.1 Å². The second-order valence-corrected chi connectivity index (χ2v) is 5.75. The fourth-order valence-corrected chi connectivity index (χ4v) is 3.01. The van der Waals surface area contributed by atoms with Crippen molar-refractivity contribution in [1.29, 1.82) is 0 Å². The van der Waals surface area contributed by atoms with E-state index in [1.807, 2.05) is 0 Å². The van der Waals surface area contributed by atoms with Crippen LogP contribution in [0.5, 0.6) is 0 Å². The molecule has 94 valence electrons. The van der Waals surface area contributed by atoms with Gasteiger partial charge >= 0.3 is 0 Å². The summed E-state index contributed by atoms with van der Waals surface area (Å²) in [6.07, 6.45) is 4.03. The van der Waals surface area contributed by atoms with Crippen LogP contribution in [0.2, 0.25) is 0 Å². The molecule has 0 spiro atoms. The van der Waals surface area contributed by atoms with Gasteiger partial charge in [0.15, 0.2) is 10.9 Å². The third kappa shape index (κ3) is 2.84. The Labute approximate surface area is 106 Å². The van der Waals surface area contributed by atoms with E-state index < -0.39 is 0 Å². The summed E-state index contributed by atoms with van der Waals surface area (Å²) in [7, 11) is 4.27. The summed E-state index contributed by atoms with van der Waals surface area (Å²) in [5.41, 5.74) is 0. The van der Waals surface area contributed by atoms with Crippen LogP contribution < -0.4 is 4.90 Å². The van der Waals surface area contributed by atoms with Crippen LogP contribution in [-0.2, 0) is 0 Å². The third-order valence-electron chi connectivity index (χ3n) is 3.31. The van der Waals surface area contributed by atoms with Gasteiger partial charge in [0, 0.05) is 26.1 Å². The van der Waals surface area contributed by atoms with Crippen LogP contribution in [0.3, 0.4) is 0 Å². The zero-order valence-electron chi connectivity index (χ0n) is 10.6. The summed E-state index contributed by atoms with van der Waals surface area (Å²) >= 11 is 1.51. The summed E-state index contributed by atoms with van der Waals surface area (Å²) in [6, 6.07) is 0.679. The molecule has 1 saturated heterocycles. The zero-order chi connectivity index (χ0) is 12.4. The smallest absolute Gasteiger partial charge is 0.185 e. The van der Waals surface area contributed by atoms with Gasteiger partial charge in [0.25, 0.3) is 0 Å². The van der Waals surface area contributed by atoms with Crippen molar-refractivity contribution in [2.24, 2.45) is 0 Å². The molecule has 0 unspecified atom stereocenters. The maximum Gasteiger partial charge on any atom is 0.185 e. The molecule has 1 fully saturated rings. The van der Waals surface area contributed by atoms with E-state index in [0.717, 1.165) is 23.1 Å². The Morgan fingerprint density at radius 1 is 1.47 bits per heavy atom. The van der Waals surface area contributed by atoms with E-state index in [1.54, 1.807) is 13.1 Å². The number of aromatic nitrogens is 1. The van der Waals surface area contributed by atoms with Crippen LogP contribution in [0.15, 0.2) is 6.20 Å². The predicted octanol–water partition coefficient (Wildman–Crippen LogP) is 1.88. The molecule has 4 nitrogen and oxygen atoms in total. The molecule has 0 atom stereocenters.